The first-order chi connectivity index (χ1) is 22.7. The van der Waals surface area contributed by atoms with E-state index in [4.69, 9.17) is 9.47 Å². The molecule has 3 atom stereocenters. The van der Waals surface area contributed by atoms with Gasteiger partial charge < -0.3 is 30.2 Å². The van der Waals surface area contributed by atoms with E-state index in [1.54, 1.807) is 35.6 Å². The molecule has 0 aliphatic carbocycles. The molecule has 0 saturated carbocycles. The molecule has 0 radical (unpaired) electrons. The number of aromatic nitrogens is 1. The molecule has 1 saturated heterocycles. The number of hydrogen-bond acceptors (Lipinski definition) is 7. The van der Waals surface area contributed by atoms with Gasteiger partial charge in [-0.2, -0.15) is 13.2 Å². The predicted molar refractivity (Wildman–Crippen MR) is 158 cm³/mol. The third-order valence-corrected chi connectivity index (χ3v) is 7.24. The van der Waals surface area contributed by atoms with Crippen LogP contribution >= 0.6 is 0 Å². The lowest BCUT2D eigenvalue weighted by molar-refractivity contribution is -0.274. The zero-order chi connectivity index (χ0) is 34.9. The minimum absolute atomic E-state index is 0.0251. The summed E-state index contributed by atoms with van der Waals surface area (Å²) in [6.45, 7) is 2.19. The molecule has 4 rings (SSSR count). The van der Waals surface area contributed by atoms with E-state index in [-0.39, 0.29) is 43.0 Å². The molecule has 16 heteroatoms. The lowest BCUT2D eigenvalue weighted by Crippen LogP contribution is -2.48. The normalized spacial score (nSPS) is 17.2. The quantitative estimate of drug-likeness (QED) is 0.150. The van der Waals surface area contributed by atoms with Crippen molar-refractivity contribution in [3.05, 3.63) is 102 Å². The molecule has 2 heterocycles. The van der Waals surface area contributed by atoms with Gasteiger partial charge in [0.15, 0.2) is 0 Å². The molecule has 1 fully saturated rings. The fourth-order valence-electron chi connectivity index (χ4n) is 4.95. The van der Waals surface area contributed by atoms with Crippen LogP contribution in [0, 0.1) is 5.82 Å². The second-order valence-corrected chi connectivity index (χ2v) is 10.8. The highest BCUT2D eigenvalue weighted by Crippen LogP contribution is 2.32. The van der Waals surface area contributed by atoms with Crippen LogP contribution in [0.15, 0.2) is 79.3 Å². The zero-order valence-electron chi connectivity index (χ0n) is 25.2. The lowest BCUT2D eigenvalue weighted by Gasteiger charge is -2.31. The number of morpholine rings is 1. The molecule has 3 aromatic rings. The molecule has 1 aliphatic rings. The molecular weight excluding hydrogens is 653 g/mol. The number of benzene rings is 2. The highest BCUT2D eigenvalue weighted by molar-refractivity contribution is 5.92. The van der Waals surface area contributed by atoms with Crippen LogP contribution in [-0.2, 0) is 20.7 Å². The highest BCUT2D eigenvalue weighted by Gasteiger charge is 2.32. The number of nitrogens with one attached hydrogen (secondary N) is 3. The second-order valence-electron chi connectivity index (χ2n) is 10.8. The van der Waals surface area contributed by atoms with Crippen molar-refractivity contribution in [2.24, 2.45) is 0 Å². The number of anilines is 1. The van der Waals surface area contributed by atoms with Crippen molar-refractivity contribution in [2.75, 3.05) is 25.0 Å². The van der Waals surface area contributed by atoms with Crippen LogP contribution < -0.4 is 20.7 Å². The van der Waals surface area contributed by atoms with Crippen LogP contribution in [0.2, 0.25) is 0 Å². The first-order valence-corrected chi connectivity index (χ1v) is 14.6. The number of amides is 2. The summed E-state index contributed by atoms with van der Waals surface area (Å²) in [5.74, 6) is -2.26. The van der Waals surface area contributed by atoms with Crippen molar-refractivity contribution in [1.82, 2.24) is 15.6 Å². The molecular formula is C32H31F7N4O5. The SMILES string of the molecule is C=C(OC(=O)NCC(F)(F)F)[C@@H]1CO[C@H](CCc2c(F)cncc2NC(=O)C[C@H](c2ccccc2)c2ccc(OC(F)(F)F)cc2)CN1. The minimum atomic E-state index is -4.85. The van der Waals surface area contributed by atoms with Gasteiger partial charge in [-0.25, -0.2) is 9.18 Å². The molecule has 2 amide bonds. The Balaban J connectivity index is 1.35. The zero-order valence-corrected chi connectivity index (χ0v) is 25.2. The third kappa shape index (κ3) is 11.2. The van der Waals surface area contributed by atoms with Gasteiger partial charge >= 0.3 is 18.6 Å². The first-order valence-electron chi connectivity index (χ1n) is 14.6. The molecule has 1 aliphatic heterocycles. The summed E-state index contributed by atoms with van der Waals surface area (Å²) in [6, 6.07) is 13.4. The van der Waals surface area contributed by atoms with Gasteiger partial charge in [-0.05, 0) is 36.1 Å². The summed E-state index contributed by atoms with van der Waals surface area (Å²) < 4.78 is 104. The highest BCUT2D eigenvalue weighted by atomic mass is 19.4. The van der Waals surface area contributed by atoms with Crippen LogP contribution in [0.5, 0.6) is 5.75 Å². The number of alkyl halides is 6. The fraction of sp³-hybridized carbons (Fsp3) is 0.344. The standard InChI is InChI=1S/C32H31F7N4O5/c1-19(47-30(45)42-18-31(34,35)36)28-17-46-23(14-41-28)11-12-24-26(33)15-40-16-27(24)43-29(44)13-25(20-5-3-2-4-6-20)21-7-9-22(10-8-21)48-32(37,38)39/h2-10,15-16,23,25,28,41H,1,11-14,17-18H2,(H,42,45)(H,43,44)/t23-,25-,28+/m1/s1. The van der Waals surface area contributed by atoms with Crippen molar-refractivity contribution < 1.29 is 54.5 Å². The van der Waals surface area contributed by atoms with Gasteiger partial charge in [-0.1, -0.05) is 49.0 Å². The minimum Gasteiger partial charge on any atom is -0.414 e. The number of ether oxygens (including phenoxy) is 3. The summed E-state index contributed by atoms with van der Waals surface area (Å²) in [7, 11) is 0. The molecule has 0 bridgehead atoms. The van der Waals surface area contributed by atoms with E-state index in [0.717, 1.165) is 23.9 Å². The fourth-order valence-corrected chi connectivity index (χ4v) is 4.95. The maximum atomic E-state index is 14.9. The van der Waals surface area contributed by atoms with Gasteiger partial charge in [0.05, 0.1) is 36.8 Å². The third-order valence-electron chi connectivity index (χ3n) is 7.24. The van der Waals surface area contributed by atoms with Crippen LogP contribution in [0.25, 0.3) is 0 Å². The summed E-state index contributed by atoms with van der Waals surface area (Å²) in [4.78, 5) is 28.7. The number of pyridine rings is 1. The number of halogens is 7. The van der Waals surface area contributed by atoms with Gasteiger partial charge in [-0.15, -0.1) is 13.2 Å². The Bertz CT molecular complexity index is 1550. The van der Waals surface area contributed by atoms with Gasteiger partial charge in [0.2, 0.25) is 5.91 Å². The van der Waals surface area contributed by atoms with Crippen molar-refractivity contribution >= 4 is 17.7 Å². The van der Waals surface area contributed by atoms with Crippen LogP contribution in [0.3, 0.4) is 0 Å². The molecule has 9 nitrogen and oxygen atoms in total. The molecule has 0 unspecified atom stereocenters. The summed E-state index contributed by atoms with van der Waals surface area (Å²) in [6.07, 6.45) is -8.60. The van der Waals surface area contributed by atoms with E-state index in [9.17, 15) is 40.3 Å². The van der Waals surface area contributed by atoms with E-state index in [1.165, 1.54) is 18.3 Å². The Morgan fingerprint density at radius 2 is 1.71 bits per heavy atom. The van der Waals surface area contributed by atoms with Crippen molar-refractivity contribution in [1.29, 1.82) is 0 Å². The number of hydrogen-bond donors (Lipinski definition) is 3. The summed E-state index contributed by atoms with van der Waals surface area (Å²) >= 11 is 0. The molecule has 48 heavy (non-hydrogen) atoms. The molecule has 1 aromatic heterocycles. The van der Waals surface area contributed by atoms with Crippen LogP contribution in [0.1, 0.15) is 35.4 Å². The maximum Gasteiger partial charge on any atom is 0.573 e. The number of carbonyl (C=O) groups is 2. The average Bonchev–Trinajstić information content (AvgIpc) is 3.02. The van der Waals surface area contributed by atoms with Gasteiger partial charge in [-0.3, -0.25) is 9.78 Å². The Morgan fingerprint density at radius 3 is 2.33 bits per heavy atom. The van der Waals surface area contributed by atoms with Gasteiger partial charge in [0.25, 0.3) is 0 Å². The van der Waals surface area contributed by atoms with E-state index in [2.05, 4.69) is 26.9 Å². The van der Waals surface area contributed by atoms with Crippen LogP contribution in [-0.4, -0.2) is 61.4 Å². The predicted octanol–water partition coefficient (Wildman–Crippen LogP) is 6.37. The first kappa shape index (κ1) is 36.1. The van der Waals surface area contributed by atoms with Crippen molar-refractivity contribution in [2.45, 2.75) is 49.9 Å². The van der Waals surface area contributed by atoms with E-state index in [0.29, 0.717) is 12.0 Å². The second kappa shape index (κ2) is 15.9. The molecule has 3 N–H and O–H groups in total. The largest absolute Gasteiger partial charge is 0.573 e. The molecule has 258 valence electrons. The van der Waals surface area contributed by atoms with E-state index in [1.807, 2.05) is 0 Å². The van der Waals surface area contributed by atoms with E-state index >= 15 is 0 Å². The molecule has 0 spiro atoms. The number of rotatable bonds is 12. The van der Waals surface area contributed by atoms with Gasteiger partial charge in [0.1, 0.15) is 23.9 Å². The number of carbonyl (C=O) groups excluding carboxylic acids is 2. The Labute approximate surface area is 270 Å². The number of nitrogens with zero attached hydrogens (tertiary/aromatic N) is 1. The maximum absolute atomic E-state index is 14.9. The van der Waals surface area contributed by atoms with E-state index < -0.39 is 60.7 Å². The smallest absolute Gasteiger partial charge is 0.414 e. The lowest BCUT2D eigenvalue weighted by atomic mass is 9.88. The summed E-state index contributed by atoms with van der Waals surface area (Å²) in [5.41, 5.74) is 1.58. The topological polar surface area (TPSA) is 111 Å². The van der Waals surface area contributed by atoms with Crippen molar-refractivity contribution in [3.8, 4) is 5.75 Å². The monoisotopic (exact) mass is 684 g/mol. The average molecular weight is 685 g/mol. The number of alkyl carbamates (subject to hydrolysis) is 1. The molecule has 2 aromatic carbocycles. The Hall–Kier alpha value is -4.70. The Kier molecular flexibility index (Phi) is 12.0. The Morgan fingerprint density at radius 1 is 1.02 bits per heavy atom. The van der Waals surface area contributed by atoms with Crippen LogP contribution in [0.4, 0.5) is 41.2 Å². The summed E-state index contributed by atoms with van der Waals surface area (Å²) in [5, 5.41) is 7.30. The van der Waals surface area contributed by atoms with Crippen molar-refractivity contribution in [3.63, 3.8) is 0 Å². The van der Waals surface area contributed by atoms with Gasteiger partial charge in [0, 0.05) is 24.4 Å².